The van der Waals surface area contributed by atoms with Crippen LogP contribution >= 0.6 is 0 Å². The maximum absolute atomic E-state index is 13.4. The van der Waals surface area contributed by atoms with E-state index in [-0.39, 0.29) is 18.9 Å². The third-order valence-corrected chi connectivity index (χ3v) is 6.90. The fourth-order valence-corrected chi connectivity index (χ4v) is 4.85. The Morgan fingerprint density at radius 3 is 2.31 bits per heavy atom. The number of carbonyl (C=O) groups excluding carboxylic acids is 2. The van der Waals surface area contributed by atoms with Gasteiger partial charge in [0.25, 0.3) is 12.3 Å². The van der Waals surface area contributed by atoms with Gasteiger partial charge in [-0.15, -0.1) is 0 Å². The van der Waals surface area contributed by atoms with Crippen molar-refractivity contribution in [3.8, 4) is 0 Å². The first kappa shape index (κ1) is 32.7. The maximum atomic E-state index is 13.4. The average molecular weight is 590 g/mol. The van der Waals surface area contributed by atoms with Gasteiger partial charge in [-0.05, 0) is 56.5 Å². The van der Waals surface area contributed by atoms with E-state index in [1.807, 2.05) is 30.9 Å². The molecule has 42 heavy (non-hydrogen) atoms. The molecule has 2 heterocycles. The van der Waals surface area contributed by atoms with E-state index in [4.69, 9.17) is 0 Å². The molecule has 5 nitrogen and oxygen atoms in total. The molecule has 0 aliphatic carbocycles. The Morgan fingerprint density at radius 2 is 1.76 bits per heavy atom. The van der Waals surface area contributed by atoms with Crippen molar-refractivity contribution < 1.29 is 31.5 Å². The van der Waals surface area contributed by atoms with Crippen LogP contribution in [0.5, 0.6) is 0 Å². The number of ketones is 1. The highest BCUT2D eigenvalue weighted by Crippen LogP contribution is 2.34. The summed E-state index contributed by atoms with van der Waals surface area (Å²) < 4.78 is 66.9. The number of alkyl halides is 5. The monoisotopic (exact) mass is 589 g/mol. The highest BCUT2D eigenvalue weighted by molar-refractivity contribution is 5.97. The summed E-state index contributed by atoms with van der Waals surface area (Å²) in [5.41, 5.74) is -0.244. The van der Waals surface area contributed by atoms with Gasteiger partial charge in [-0.3, -0.25) is 14.5 Å². The van der Waals surface area contributed by atoms with Gasteiger partial charge in [-0.25, -0.2) is 8.78 Å². The molecule has 1 amide bonds. The zero-order valence-electron chi connectivity index (χ0n) is 23.9. The molecule has 1 aliphatic heterocycles. The summed E-state index contributed by atoms with van der Waals surface area (Å²) in [5.74, 6) is -0.838. The van der Waals surface area contributed by atoms with Crippen LogP contribution in [-0.4, -0.2) is 58.7 Å². The highest BCUT2D eigenvalue weighted by atomic mass is 19.4. The quantitative estimate of drug-likeness (QED) is 0.168. The number of aryl methyl sites for hydroxylation is 1. The molecule has 1 atom stereocenters. The van der Waals surface area contributed by atoms with E-state index in [1.54, 1.807) is 30.5 Å². The number of piperazine rings is 1. The van der Waals surface area contributed by atoms with Gasteiger partial charge >= 0.3 is 6.18 Å². The first-order valence-electron chi connectivity index (χ1n) is 13.8. The van der Waals surface area contributed by atoms with Crippen LogP contribution in [0, 0.1) is 6.92 Å². The first-order chi connectivity index (χ1) is 19.9. The Bertz CT molecular complexity index is 1350. The van der Waals surface area contributed by atoms with Crippen molar-refractivity contribution in [2.75, 3.05) is 26.2 Å². The Labute approximate surface area is 243 Å². The van der Waals surface area contributed by atoms with Gasteiger partial charge in [0, 0.05) is 54.3 Å². The third kappa shape index (κ3) is 9.11. The van der Waals surface area contributed by atoms with Crippen molar-refractivity contribution in [1.29, 1.82) is 0 Å². The SMILES string of the molecule is C/C=C\CC.Cc1cc(CC2CN(CC(=O)c3ccccc3)CCN2C(=O)c2cc(C(F)F)cc(C(F)(F)F)c2)c[nH]1. The molecular formula is C32H36F5N3O2. The average Bonchev–Trinajstić information content (AvgIpc) is 3.37. The van der Waals surface area contributed by atoms with Gasteiger partial charge in [-0.2, -0.15) is 13.2 Å². The molecule has 1 unspecified atom stereocenters. The lowest BCUT2D eigenvalue weighted by Crippen LogP contribution is -2.56. The van der Waals surface area contributed by atoms with Crippen molar-refractivity contribution in [2.45, 2.75) is 52.3 Å². The smallest absolute Gasteiger partial charge is 0.365 e. The van der Waals surface area contributed by atoms with Crippen LogP contribution in [0.2, 0.25) is 0 Å². The fraction of sp³-hybridized carbons (Fsp3) is 0.375. The number of Topliss-reactive ketones (excluding diaryl/α,β-unsaturated/α-hetero) is 1. The molecule has 1 N–H and O–H groups in total. The Hall–Kier alpha value is -3.79. The summed E-state index contributed by atoms with van der Waals surface area (Å²) in [6.07, 6.45) is -0.527. The number of amides is 1. The molecule has 1 aliphatic rings. The molecule has 0 radical (unpaired) electrons. The van der Waals surface area contributed by atoms with E-state index in [2.05, 4.69) is 24.1 Å². The molecule has 226 valence electrons. The second kappa shape index (κ2) is 14.9. The molecule has 1 fully saturated rings. The minimum Gasteiger partial charge on any atom is -0.365 e. The predicted molar refractivity (Wildman–Crippen MR) is 153 cm³/mol. The fourth-order valence-electron chi connectivity index (χ4n) is 4.85. The number of aromatic nitrogens is 1. The number of carbonyl (C=O) groups is 2. The van der Waals surface area contributed by atoms with Crippen LogP contribution in [-0.2, 0) is 12.6 Å². The minimum absolute atomic E-state index is 0.0870. The Kier molecular flexibility index (Phi) is 11.6. The van der Waals surface area contributed by atoms with E-state index in [9.17, 15) is 31.5 Å². The number of nitrogens with one attached hydrogen (secondary N) is 1. The lowest BCUT2D eigenvalue weighted by Gasteiger charge is -2.41. The lowest BCUT2D eigenvalue weighted by molar-refractivity contribution is -0.137. The Balaban J connectivity index is 0.000000892. The molecule has 1 saturated heterocycles. The van der Waals surface area contributed by atoms with E-state index < -0.39 is 41.2 Å². The number of halogens is 5. The zero-order chi connectivity index (χ0) is 30.9. The number of aromatic amines is 1. The second-order valence-corrected chi connectivity index (χ2v) is 10.2. The number of allylic oxidation sites excluding steroid dienone is 2. The maximum Gasteiger partial charge on any atom is 0.416 e. The first-order valence-corrected chi connectivity index (χ1v) is 13.8. The number of hydrogen-bond donors (Lipinski definition) is 1. The van der Waals surface area contributed by atoms with Crippen LogP contribution < -0.4 is 0 Å². The highest BCUT2D eigenvalue weighted by Gasteiger charge is 2.36. The molecule has 2 aromatic carbocycles. The van der Waals surface area contributed by atoms with E-state index >= 15 is 0 Å². The second-order valence-electron chi connectivity index (χ2n) is 10.2. The molecule has 3 aromatic rings. The summed E-state index contributed by atoms with van der Waals surface area (Å²) >= 11 is 0. The summed E-state index contributed by atoms with van der Waals surface area (Å²) in [5, 5.41) is 0. The molecule has 1 aromatic heterocycles. The third-order valence-electron chi connectivity index (χ3n) is 6.90. The number of H-pyrrole nitrogens is 1. The van der Waals surface area contributed by atoms with Crippen LogP contribution in [0.1, 0.15) is 69.8 Å². The summed E-state index contributed by atoms with van der Waals surface area (Å²) in [6, 6.07) is 12.0. The van der Waals surface area contributed by atoms with Gasteiger partial charge < -0.3 is 9.88 Å². The van der Waals surface area contributed by atoms with Gasteiger partial charge in [-0.1, -0.05) is 49.4 Å². The largest absolute Gasteiger partial charge is 0.416 e. The molecule has 0 saturated carbocycles. The number of benzene rings is 2. The number of nitrogens with zero attached hydrogens (tertiary/aromatic N) is 2. The van der Waals surface area contributed by atoms with Crippen molar-refractivity contribution in [3.63, 3.8) is 0 Å². The van der Waals surface area contributed by atoms with Crippen molar-refractivity contribution in [2.24, 2.45) is 0 Å². The van der Waals surface area contributed by atoms with Crippen LogP contribution in [0.3, 0.4) is 0 Å². The number of hydrogen-bond acceptors (Lipinski definition) is 3. The summed E-state index contributed by atoms with van der Waals surface area (Å²) in [7, 11) is 0. The van der Waals surface area contributed by atoms with E-state index in [1.165, 1.54) is 4.90 Å². The lowest BCUT2D eigenvalue weighted by atomic mass is 9.99. The van der Waals surface area contributed by atoms with E-state index in [0.717, 1.165) is 23.7 Å². The standard InChI is InChI=1S/C27H26F5N3O2.C5H10/c1-17-9-18(14-33-17)10-23-15-34(16-24(36)19-5-3-2-4-6-19)7-8-35(23)26(37)21-11-20(25(28)29)12-22(13-21)27(30,31)32;1-3-5-4-2/h2-6,9,11-14,23,25,33H,7-8,10,15-16H2,1H3;3,5H,4H2,1-2H3/b;5-3-. The molecule has 0 bridgehead atoms. The topological polar surface area (TPSA) is 56.4 Å². The van der Waals surface area contributed by atoms with Crippen LogP contribution in [0.25, 0.3) is 0 Å². The van der Waals surface area contributed by atoms with E-state index in [0.29, 0.717) is 37.2 Å². The van der Waals surface area contributed by atoms with Gasteiger partial charge in [0.15, 0.2) is 5.78 Å². The van der Waals surface area contributed by atoms with Crippen molar-refractivity contribution >= 4 is 11.7 Å². The molecule has 10 heteroatoms. The molecular weight excluding hydrogens is 553 g/mol. The van der Waals surface area contributed by atoms with Crippen molar-refractivity contribution in [1.82, 2.24) is 14.8 Å². The zero-order valence-corrected chi connectivity index (χ0v) is 23.9. The van der Waals surface area contributed by atoms with Crippen LogP contribution in [0.4, 0.5) is 22.0 Å². The van der Waals surface area contributed by atoms with Gasteiger partial charge in [0.05, 0.1) is 12.1 Å². The Morgan fingerprint density at radius 1 is 1.05 bits per heavy atom. The normalized spacial score (nSPS) is 16.0. The van der Waals surface area contributed by atoms with Gasteiger partial charge in [0.2, 0.25) is 0 Å². The summed E-state index contributed by atoms with van der Waals surface area (Å²) in [4.78, 5) is 32.6. The molecule has 4 rings (SSSR count). The molecule has 0 spiro atoms. The predicted octanol–water partition coefficient (Wildman–Crippen LogP) is 7.50. The number of rotatable bonds is 8. The summed E-state index contributed by atoms with van der Waals surface area (Å²) in [6.45, 7) is 6.89. The van der Waals surface area contributed by atoms with Crippen LogP contribution in [0.15, 0.2) is 72.9 Å². The van der Waals surface area contributed by atoms with Crippen molar-refractivity contribution in [3.05, 3.63) is 106 Å². The minimum atomic E-state index is -4.88. The van der Waals surface area contributed by atoms with Gasteiger partial charge in [0.1, 0.15) is 0 Å².